The highest BCUT2D eigenvalue weighted by atomic mass is 31.2. The first-order valence-electron chi connectivity index (χ1n) is 3.55. The Labute approximate surface area is 74.8 Å². The minimum atomic E-state index is -4.44. The Morgan fingerprint density at radius 2 is 1.77 bits per heavy atom. The van der Waals surface area contributed by atoms with Crippen molar-refractivity contribution >= 4 is 13.7 Å². The summed E-state index contributed by atoms with van der Waals surface area (Å²) in [5.74, 6) is -6.51. The Hall–Kier alpha value is -0.160. The van der Waals surface area contributed by atoms with Crippen LogP contribution in [0, 0.1) is 5.92 Å². The molecule has 78 valence electrons. The van der Waals surface area contributed by atoms with Gasteiger partial charge in [0.15, 0.2) is 0 Å². The van der Waals surface area contributed by atoms with Crippen molar-refractivity contribution in [3.8, 4) is 0 Å². The maximum absolute atomic E-state index is 12.8. The van der Waals surface area contributed by atoms with Crippen molar-refractivity contribution in [2.75, 3.05) is 6.16 Å². The number of hydrogen-bond acceptors (Lipinski definition) is 4. The molecule has 0 aromatic carbocycles. The fourth-order valence-corrected chi connectivity index (χ4v) is 1.22. The Balaban J connectivity index is 4.44. The second-order valence-electron chi connectivity index (χ2n) is 3.05. The van der Waals surface area contributed by atoms with Gasteiger partial charge in [0, 0.05) is 5.92 Å². The van der Waals surface area contributed by atoms with Crippen LogP contribution in [0.15, 0.2) is 0 Å². The van der Waals surface area contributed by atoms with E-state index in [4.69, 9.17) is 14.7 Å². The second kappa shape index (κ2) is 3.92. The van der Waals surface area contributed by atoms with Crippen LogP contribution in [-0.4, -0.2) is 32.5 Å². The third-order valence-electron chi connectivity index (χ3n) is 1.45. The molecule has 0 saturated carbocycles. The van der Waals surface area contributed by atoms with E-state index in [1.54, 1.807) is 0 Å². The van der Waals surface area contributed by atoms with Crippen molar-refractivity contribution in [1.82, 2.24) is 0 Å². The summed E-state index contributed by atoms with van der Waals surface area (Å²) in [4.78, 5) is 35.9. The number of hydrogen-bond donors (Lipinski definition) is 3. The largest absolute Gasteiger partial charge is 0.411 e. The van der Waals surface area contributed by atoms with Gasteiger partial charge in [-0.3, -0.25) is 4.79 Å². The summed E-state index contributed by atoms with van der Waals surface area (Å²) in [5, 5.41) is 0. The molecule has 0 aliphatic carbocycles. The van der Waals surface area contributed by atoms with E-state index in [1.807, 2.05) is 0 Å². The summed E-state index contributed by atoms with van der Waals surface area (Å²) < 4.78 is 25.6. The lowest BCUT2D eigenvalue weighted by molar-refractivity contribution is -0.146. The van der Waals surface area contributed by atoms with Crippen LogP contribution in [0.1, 0.15) is 13.8 Å². The van der Waals surface area contributed by atoms with E-state index in [0.29, 0.717) is 0 Å². The van der Waals surface area contributed by atoms with Crippen LogP contribution in [0.2, 0.25) is 0 Å². The van der Waals surface area contributed by atoms with Gasteiger partial charge in [0.25, 0.3) is 0 Å². The zero-order chi connectivity index (χ0) is 10.9. The van der Waals surface area contributed by atoms with E-state index in [1.165, 1.54) is 0 Å². The van der Waals surface area contributed by atoms with Crippen LogP contribution in [0.3, 0.4) is 0 Å². The van der Waals surface area contributed by atoms with Gasteiger partial charge < -0.3 is 0 Å². The van der Waals surface area contributed by atoms with Crippen LogP contribution in [-0.2, 0) is 4.79 Å². The van der Waals surface area contributed by atoms with E-state index >= 15 is 0 Å². The molecule has 0 rings (SSSR count). The molecule has 0 aliphatic rings. The van der Waals surface area contributed by atoms with Crippen molar-refractivity contribution in [3.05, 3.63) is 0 Å². The van der Waals surface area contributed by atoms with Crippen LogP contribution in [0.25, 0.3) is 0 Å². The minimum absolute atomic E-state index is 1.13. The summed E-state index contributed by atoms with van der Waals surface area (Å²) in [6, 6.07) is 0. The summed E-state index contributed by atoms with van der Waals surface area (Å²) in [6.07, 6.45) is -1.29. The molecule has 0 aromatic rings. The SMILES string of the molecule is CC(C)C(F)(F)C(=O)C[P+](O)(O)O. The summed E-state index contributed by atoms with van der Waals surface area (Å²) in [6.45, 7) is 2.26. The Bertz CT molecular complexity index is 199. The van der Waals surface area contributed by atoms with Gasteiger partial charge in [-0.2, -0.15) is 23.5 Å². The standard InChI is InChI=1S/C6H12F2O4P/c1-4(2)6(7,8)5(9)3-13(10,11)12/h4,10-12H,3H2,1-2H3/q+1. The summed E-state index contributed by atoms with van der Waals surface area (Å²) >= 11 is 0. The van der Waals surface area contributed by atoms with E-state index in [-0.39, 0.29) is 0 Å². The lowest BCUT2D eigenvalue weighted by Gasteiger charge is -2.17. The molecule has 0 bridgehead atoms. The molecule has 0 radical (unpaired) electrons. The number of alkyl halides is 2. The molecule has 0 atom stereocenters. The molecule has 0 heterocycles. The molecule has 0 unspecified atom stereocenters. The van der Waals surface area contributed by atoms with E-state index in [9.17, 15) is 13.6 Å². The van der Waals surface area contributed by atoms with Gasteiger partial charge >= 0.3 is 13.9 Å². The zero-order valence-corrected chi connectivity index (χ0v) is 8.13. The predicted molar refractivity (Wildman–Crippen MR) is 43.2 cm³/mol. The Morgan fingerprint density at radius 3 is 2.00 bits per heavy atom. The average Bonchev–Trinajstić information content (AvgIpc) is 1.82. The predicted octanol–water partition coefficient (Wildman–Crippen LogP) is 0.586. The number of carbonyl (C=O) groups is 1. The number of halogens is 2. The first-order chi connectivity index (χ1) is 5.57. The molecule has 0 amide bonds. The monoisotopic (exact) mass is 217 g/mol. The van der Waals surface area contributed by atoms with Crippen molar-refractivity contribution in [3.63, 3.8) is 0 Å². The number of ketones is 1. The maximum Gasteiger partial charge on any atom is 0.411 e. The van der Waals surface area contributed by atoms with Gasteiger partial charge in [0.2, 0.25) is 11.9 Å². The normalized spacial score (nSPS) is 13.5. The van der Waals surface area contributed by atoms with E-state index in [2.05, 4.69) is 0 Å². The van der Waals surface area contributed by atoms with E-state index < -0.39 is 31.7 Å². The number of rotatable bonds is 4. The third kappa shape index (κ3) is 4.04. The number of Topliss-reactive ketones (excluding diaryl/α,β-unsaturated/α-hetero) is 1. The van der Waals surface area contributed by atoms with Gasteiger partial charge in [-0.05, 0) is 0 Å². The van der Waals surface area contributed by atoms with Crippen molar-refractivity contribution in [2.45, 2.75) is 19.8 Å². The van der Waals surface area contributed by atoms with E-state index in [0.717, 1.165) is 13.8 Å². The summed E-state index contributed by atoms with van der Waals surface area (Å²) in [5.41, 5.74) is 0. The molecule has 13 heavy (non-hydrogen) atoms. The molecule has 0 aromatic heterocycles. The van der Waals surface area contributed by atoms with Crippen LogP contribution in [0.5, 0.6) is 0 Å². The van der Waals surface area contributed by atoms with Crippen molar-refractivity contribution in [2.24, 2.45) is 5.92 Å². The molecule has 4 nitrogen and oxygen atoms in total. The average molecular weight is 217 g/mol. The van der Waals surface area contributed by atoms with Crippen molar-refractivity contribution < 1.29 is 28.3 Å². The van der Waals surface area contributed by atoms with Gasteiger partial charge in [-0.25, -0.2) is 0 Å². The Kier molecular flexibility index (Phi) is 3.87. The van der Waals surface area contributed by atoms with Gasteiger partial charge in [0.1, 0.15) is 0 Å². The quantitative estimate of drug-likeness (QED) is 0.602. The molecule has 0 spiro atoms. The van der Waals surface area contributed by atoms with Crippen LogP contribution in [0.4, 0.5) is 8.78 Å². The molecule has 0 fully saturated rings. The van der Waals surface area contributed by atoms with Crippen LogP contribution < -0.4 is 0 Å². The Morgan fingerprint density at radius 1 is 1.38 bits per heavy atom. The zero-order valence-electron chi connectivity index (χ0n) is 7.24. The highest BCUT2D eigenvalue weighted by molar-refractivity contribution is 7.59. The highest BCUT2D eigenvalue weighted by Crippen LogP contribution is 2.46. The molecular formula is C6H12F2O4P+. The summed E-state index contributed by atoms with van der Waals surface area (Å²) in [7, 11) is -4.44. The smallest absolute Gasteiger partial charge is 0.288 e. The highest BCUT2D eigenvalue weighted by Gasteiger charge is 2.48. The lowest BCUT2D eigenvalue weighted by atomic mass is 10.0. The minimum Gasteiger partial charge on any atom is -0.288 e. The molecular weight excluding hydrogens is 205 g/mol. The van der Waals surface area contributed by atoms with Crippen molar-refractivity contribution in [1.29, 1.82) is 0 Å². The molecule has 3 N–H and O–H groups in total. The van der Waals surface area contributed by atoms with Gasteiger partial charge in [-0.1, -0.05) is 13.8 Å². The maximum atomic E-state index is 12.8. The second-order valence-corrected chi connectivity index (χ2v) is 4.75. The van der Waals surface area contributed by atoms with Gasteiger partial charge in [0.05, 0.1) is 0 Å². The van der Waals surface area contributed by atoms with Crippen LogP contribution >= 0.6 is 7.94 Å². The molecule has 7 heteroatoms. The third-order valence-corrected chi connectivity index (χ3v) is 2.16. The first kappa shape index (κ1) is 12.8. The number of carbonyl (C=O) groups excluding carboxylic acids is 1. The fraction of sp³-hybridized carbons (Fsp3) is 0.833. The first-order valence-corrected chi connectivity index (χ1v) is 5.38. The van der Waals surface area contributed by atoms with Gasteiger partial charge in [-0.15, -0.1) is 0 Å². The molecule has 0 saturated heterocycles. The lowest BCUT2D eigenvalue weighted by Crippen LogP contribution is -2.37. The molecule has 0 aliphatic heterocycles. The topological polar surface area (TPSA) is 77.8 Å². The fourth-order valence-electron chi connectivity index (χ4n) is 0.620.